The van der Waals surface area contributed by atoms with Gasteiger partial charge in [0.05, 0.1) is 23.2 Å². The molecule has 5 nitrogen and oxygen atoms in total. The molecule has 0 atom stereocenters. The number of aliphatic carboxylic acids is 1. The van der Waals surface area contributed by atoms with Crippen LogP contribution in [0.2, 0.25) is 0 Å². The Labute approximate surface area is 110 Å². The SMILES string of the molecule is O=C(O)CCc1cn2nc(-c3cccs3)sc2n1. The monoisotopic (exact) mass is 279 g/mol. The van der Waals surface area contributed by atoms with Crippen LogP contribution < -0.4 is 0 Å². The standard InChI is InChI=1S/C11H9N3O2S2/c15-9(16)4-3-7-6-14-11(12-7)18-10(13-14)8-2-1-5-17-8/h1-2,5-6H,3-4H2,(H,15,16). The van der Waals surface area contributed by atoms with Gasteiger partial charge in [-0.2, -0.15) is 5.10 Å². The summed E-state index contributed by atoms with van der Waals surface area (Å²) in [7, 11) is 0. The molecule has 0 saturated carbocycles. The molecule has 0 radical (unpaired) electrons. The molecule has 0 fully saturated rings. The summed E-state index contributed by atoms with van der Waals surface area (Å²) in [6, 6.07) is 4.01. The molecule has 3 aromatic heterocycles. The van der Waals surface area contributed by atoms with Gasteiger partial charge >= 0.3 is 5.97 Å². The molecule has 0 unspecified atom stereocenters. The highest BCUT2D eigenvalue weighted by molar-refractivity contribution is 7.23. The van der Waals surface area contributed by atoms with E-state index in [9.17, 15) is 4.79 Å². The predicted octanol–water partition coefficient (Wildman–Crippen LogP) is 2.54. The first kappa shape index (κ1) is 11.4. The molecule has 3 aromatic rings. The Morgan fingerprint density at radius 3 is 3.06 bits per heavy atom. The minimum absolute atomic E-state index is 0.0998. The van der Waals surface area contributed by atoms with Crippen molar-refractivity contribution in [3.05, 3.63) is 29.4 Å². The Bertz CT molecular complexity index is 653. The topological polar surface area (TPSA) is 67.5 Å². The number of rotatable bonds is 4. The van der Waals surface area contributed by atoms with E-state index in [1.54, 1.807) is 22.0 Å². The number of fused-ring (bicyclic) bond motifs is 1. The summed E-state index contributed by atoms with van der Waals surface area (Å²) >= 11 is 3.16. The highest BCUT2D eigenvalue weighted by Gasteiger charge is 2.11. The summed E-state index contributed by atoms with van der Waals surface area (Å²) < 4.78 is 1.72. The highest BCUT2D eigenvalue weighted by Crippen LogP contribution is 2.29. The zero-order valence-electron chi connectivity index (χ0n) is 9.24. The smallest absolute Gasteiger partial charge is 0.303 e. The van der Waals surface area contributed by atoms with Crippen molar-refractivity contribution in [2.45, 2.75) is 12.8 Å². The number of carboxylic acid groups (broad SMARTS) is 1. The second kappa shape index (κ2) is 4.51. The minimum atomic E-state index is -0.807. The zero-order valence-corrected chi connectivity index (χ0v) is 10.9. The van der Waals surface area contributed by atoms with Crippen molar-refractivity contribution in [2.75, 3.05) is 0 Å². The Balaban J connectivity index is 1.87. The van der Waals surface area contributed by atoms with E-state index in [0.29, 0.717) is 6.42 Å². The number of aromatic nitrogens is 3. The largest absolute Gasteiger partial charge is 0.481 e. The number of hydrogen-bond donors (Lipinski definition) is 1. The van der Waals surface area contributed by atoms with Crippen LogP contribution in [0.3, 0.4) is 0 Å². The normalized spacial score (nSPS) is 11.1. The van der Waals surface area contributed by atoms with Crippen LogP contribution in [0.25, 0.3) is 14.8 Å². The second-order valence-electron chi connectivity index (χ2n) is 3.74. The van der Waals surface area contributed by atoms with Crippen molar-refractivity contribution in [2.24, 2.45) is 0 Å². The molecule has 0 aliphatic rings. The lowest BCUT2D eigenvalue weighted by Gasteiger charge is -1.90. The Morgan fingerprint density at radius 1 is 1.50 bits per heavy atom. The fraction of sp³-hybridized carbons (Fsp3) is 0.182. The average Bonchev–Trinajstić information content (AvgIpc) is 3.00. The van der Waals surface area contributed by atoms with Crippen molar-refractivity contribution >= 4 is 33.6 Å². The molecule has 0 spiro atoms. The van der Waals surface area contributed by atoms with Crippen LogP contribution in [-0.4, -0.2) is 25.7 Å². The number of carboxylic acids is 1. The first-order valence-corrected chi connectivity index (χ1v) is 7.03. The van der Waals surface area contributed by atoms with Gasteiger partial charge in [-0.25, -0.2) is 9.50 Å². The molecular formula is C11H9N3O2S2. The van der Waals surface area contributed by atoms with Crippen LogP contribution in [0.4, 0.5) is 0 Å². The number of thiophene rings is 1. The lowest BCUT2D eigenvalue weighted by atomic mass is 10.2. The van der Waals surface area contributed by atoms with Crippen molar-refractivity contribution < 1.29 is 9.90 Å². The van der Waals surface area contributed by atoms with Gasteiger partial charge in [0.15, 0.2) is 5.01 Å². The zero-order chi connectivity index (χ0) is 12.5. The number of nitrogens with zero attached hydrogens (tertiary/aromatic N) is 3. The summed E-state index contributed by atoms with van der Waals surface area (Å²) in [5.74, 6) is -0.807. The van der Waals surface area contributed by atoms with E-state index in [2.05, 4.69) is 10.1 Å². The third kappa shape index (κ3) is 2.14. The molecule has 0 aromatic carbocycles. The molecule has 0 aliphatic heterocycles. The number of hydrogen-bond acceptors (Lipinski definition) is 5. The third-order valence-electron chi connectivity index (χ3n) is 2.42. The van der Waals surface area contributed by atoms with Crippen LogP contribution >= 0.6 is 22.7 Å². The summed E-state index contributed by atoms with van der Waals surface area (Å²) in [5.41, 5.74) is 0.772. The minimum Gasteiger partial charge on any atom is -0.481 e. The number of aryl methyl sites for hydroxylation is 1. The van der Waals surface area contributed by atoms with Gasteiger partial charge in [0, 0.05) is 6.42 Å². The van der Waals surface area contributed by atoms with E-state index in [1.807, 2.05) is 17.5 Å². The first-order chi connectivity index (χ1) is 8.72. The Hall–Kier alpha value is -1.73. The fourth-order valence-corrected chi connectivity index (χ4v) is 3.29. The van der Waals surface area contributed by atoms with Crippen LogP contribution in [0.15, 0.2) is 23.7 Å². The molecule has 0 saturated heterocycles. The quantitative estimate of drug-likeness (QED) is 0.797. The van der Waals surface area contributed by atoms with Crippen LogP contribution in [0.1, 0.15) is 12.1 Å². The van der Waals surface area contributed by atoms with Crippen molar-refractivity contribution in [1.29, 1.82) is 0 Å². The van der Waals surface area contributed by atoms with Crippen molar-refractivity contribution in [1.82, 2.24) is 14.6 Å². The average molecular weight is 279 g/mol. The molecule has 92 valence electrons. The van der Waals surface area contributed by atoms with E-state index in [4.69, 9.17) is 5.11 Å². The Morgan fingerprint density at radius 2 is 2.39 bits per heavy atom. The third-order valence-corrected chi connectivity index (χ3v) is 4.38. The fourth-order valence-electron chi connectivity index (χ4n) is 1.60. The number of carbonyl (C=O) groups is 1. The molecule has 18 heavy (non-hydrogen) atoms. The van der Waals surface area contributed by atoms with E-state index in [0.717, 1.165) is 20.5 Å². The molecular weight excluding hydrogens is 270 g/mol. The lowest BCUT2D eigenvalue weighted by molar-refractivity contribution is -0.136. The van der Waals surface area contributed by atoms with Gasteiger partial charge in [0.2, 0.25) is 4.96 Å². The van der Waals surface area contributed by atoms with E-state index >= 15 is 0 Å². The van der Waals surface area contributed by atoms with Crippen molar-refractivity contribution in [3.8, 4) is 9.88 Å². The number of imidazole rings is 1. The van der Waals surface area contributed by atoms with E-state index in [-0.39, 0.29) is 6.42 Å². The lowest BCUT2D eigenvalue weighted by Crippen LogP contribution is -1.97. The summed E-state index contributed by atoms with van der Waals surface area (Å²) in [5, 5.41) is 16.0. The molecule has 0 aliphatic carbocycles. The summed E-state index contributed by atoms with van der Waals surface area (Å²) in [4.78, 5) is 16.8. The van der Waals surface area contributed by atoms with Gasteiger partial charge < -0.3 is 5.11 Å². The second-order valence-corrected chi connectivity index (χ2v) is 5.64. The van der Waals surface area contributed by atoms with Gasteiger partial charge in [0.25, 0.3) is 0 Å². The van der Waals surface area contributed by atoms with Gasteiger partial charge in [-0.15, -0.1) is 11.3 Å². The molecule has 7 heteroatoms. The van der Waals surface area contributed by atoms with Crippen LogP contribution in [-0.2, 0) is 11.2 Å². The summed E-state index contributed by atoms with van der Waals surface area (Å²) in [6.45, 7) is 0. The molecule has 0 amide bonds. The van der Waals surface area contributed by atoms with Crippen molar-refractivity contribution in [3.63, 3.8) is 0 Å². The van der Waals surface area contributed by atoms with E-state index < -0.39 is 5.97 Å². The maximum absolute atomic E-state index is 10.5. The molecule has 1 N–H and O–H groups in total. The van der Waals surface area contributed by atoms with Gasteiger partial charge in [-0.3, -0.25) is 4.79 Å². The van der Waals surface area contributed by atoms with Gasteiger partial charge in [-0.05, 0) is 11.4 Å². The van der Waals surface area contributed by atoms with Crippen LogP contribution in [0.5, 0.6) is 0 Å². The summed E-state index contributed by atoms with van der Waals surface area (Å²) in [6.07, 6.45) is 2.34. The maximum atomic E-state index is 10.5. The predicted molar refractivity (Wildman–Crippen MR) is 70.1 cm³/mol. The van der Waals surface area contributed by atoms with E-state index in [1.165, 1.54) is 11.3 Å². The molecule has 3 rings (SSSR count). The van der Waals surface area contributed by atoms with Gasteiger partial charge in [0.1, 0.15) is 0 Å². The molecule has 3 heterocycles. The first-order valence-electron chi connectivity index (χ1n) is 5.33. The van der Waals surface area contributed by atoms with Crippen LogP contribution in [0, 0.1) is 0 Å². The van der Waals surface area contributed by atoms with Gasteiger partial charge in [-0.1, -0.05) is 17.4 Å². The highest BCUT2D eigenvalue weighted by atomic mass is 32.1. The molecule has 0 bridgehead atoms. The Kier molecular flexibility index (Phi) is 2.85. The maximum Gasteiger partial charge on any atom is 0.303 e.